The molecule has 31 heavy (non-hydrogen) atoms. The van der Waals surface area contributed by atoms with E-state index in [9.17, 15) is 13.2 Å². The molecule has 0 bridgehead atoms. The van der Waals surface area contributed by atoms with Crippen molar-refractivity contribution in [3.63, 3.8) is 0 Å². The van der Waals surface area contributed by atoms with Crippen LogP contribution in [0, 0.1) is 0 Å². The highest BCUT2D eigenvalue weighted by atomic mass is 32.2. The van der Waals surface area contributed by atoms with Gasteiger partial charge in [0, 0.05) is 24.7 Å². The first-order chi connectivity index (χ1) is 14.9. The fourth-order valence-electron chi connectivity index (χ4n) is 3.85. The molecule has 168 valence electrons. The van der Waals surface area contributed by atoms with E-state index in [1.165, 1.54) is 25.3 Å². The van der Waals surface area contributed by atoms with Crippen LogP contribution >= 0.6 is 0 Å². The average molecular weight is 447 g/mol. The predicted octanol–water partition coefficient (Wildman–Crippen LogP) is 3.76. The number of carbonyl (C=O) groups is 1. The van der Waals surface area contributed by atoms with E-state index >= 15 is 0 Å². The van der Waals surface area contributed by atoms with Gasteiger partial charge in [-0.25, -0.2) is 13.1 Å². The van der Waals surface area contributed by atoms with Crippen molar-refractivity contribution in [3.8, 4) is 11.5 Å². The molecule has 8 heteroatoms. The summed E-state index contributed by atoms with van der Waals surface area (Å²) < 4.78 is 39.6. The normalized spacial score (nSPS) is 15.8. The van der Waals surface area contributed by atoms with Gasteiger partial charge in [-0.15, -0.1) is 0 Å². The van der Waals surface area contributed by atoms with Crippen LogP contribution in [0.3, 0.4) is 0 Å². The lowest BCUT2D eigenvalue weighted by atomic mass is 10.1. The van der Waals surface area contributed by atoms with Gasteiger partial charge in [0.2, 0.25) is 10.0 Å². The van der Waals surface area contributed by atoms with Crippen LogP contribution in [-0.2, 0) is 10.0 Å². The molecular formula is C23H30N2O5S. The van der Waals surface area contributed by atoms with Crippen molar-refractivity contribution in [2.75, 3.05) is 27.3 Å². The summed E-state index contributed by atoms with van der Waals surface area (Å²) in [6.07, 6.45) is 4.09. The second kappa shape index (κ2) is 10.2. The highest BCUT2D eigenvalue weighted by Gasteiger charge is 2.25. The Kier molecular flexibility index (Phi) is 7.56. The molecule has 1 saturated heterocycles. The molecule has 1 aliphatic heterocycles. The predicted molar refractivity (Wildman–Crippen MR) is 119 cm³/mol. The van der Waals surface area contributed by atoms with Crippen LogP contribution in [0.2, 0.25) is 0 Å². The van der Waals surface area contributed by atoms with Crippen LogP contribution in [0.1, 0.15) is 54.6 Å². The second-order valence-corrected chi connectivity index (χ2v) is 9.37. The van der Waals surface area contributed by atoms with Gasteiger partial charge in [0.25, 0.3) is 5.91 Å². The summed E-state index contributed by atoms with van der Waals surface area (Å²) in [5.41, 5.74) is 0.986. The number of methoxy groups -OCH3 is 2. The first-order valence-corrected chi connectivity index (χ1v) is 12.0. The van der Waals surface area contributed by atoms with Gasteiger partial charge in [-0.1, -0.05) is 31.0 Å². The highest BCUT2D eigenvalue weighted by Crippen LogP contribution is 2.28. The monoisotopic (exact) mass is 446 g/mol. The number of amides is 1. The summed E-state index contributed by atoms with van der Waals surface area (Å²) in [7, 11) is -0.861. The van der Waals surface area contributed by atoms with Gasteiger partial charge in [0.15, 0.2) is 0 Å². The maximum absolute atomic E-state index is 13.2. The zero-order chi connectivity index (χ0) is 22.4. The van der Waals surface area contributed by atoms with E-state index in [1.807, 2.05) is 18.2 Å². The van der Waals surface area contributed by atoms with E-state index in [0.717, 1.165) is 31.2 Å². The number of likely N-dealkylation sites (tertiary alicyclic amines) is 1. The number of hydrogen-bond donors (Lipinski definition) is 1. The van der Waals surface area contributed by atoms with Crippen molar-refractivity contribution in [1.82, 2.24) is 9.62 Å². The highest BCUT2D eigenvalue weighted by molar-refractivity contribution is 7.89. The first-order valence-electron chi connectivity index (χ1n) is 10.5. The van der Waals surface area contributed by atoms with Gasteiger partial charge in [-0.3, -0.25) is 4.79 Å². The van der Waals surface area contributed by atoms with Gasteiger partial charge < -0.3 is 14.4 Å². The van der Waals surface area contributed by atoms with Crippen LogP contribution in [-0.4, -0.2) is 46.5 Å². The van der Waals surface area contributed by atoms with E-state index in [2.05, 4.69) is 4.72 Å². The number of rotatable bonds is 7. The van der Waals surface area contributed by atoms with Gasteiger partial charge in [-0.2, -0.15) is 0 Å². The van der Waals surface area contributed by atoms with Crippen LogP contribution in [0.25, 0.3) is 0 Å². The third kappa shape index (κ3) is 5.37. The molecule has 2 aromatic rings. The van der Waals surface area contributed by atoms with Gasteiger partial charge in [0.1, 0.15) is 11.5 Å². The lowest BCUT2D eigenvalue weighted by Gasteiger charge is -2.22. The van der Waals surface area contributed by atoms with E-state index in [0.29, 0.717) is 24.6 Å². The smallest absolute Gasteiger partial charge is 0.257 e. The molecule has 1 heterocycles. The van der Waals surface area contributed by atoms with Gasteiger partial charge >= 0.3 is 0 Å². The van der Waals surface area contributed by atoms with E-state index in [-0.39, 0.29) is 16.4 Å². The number of benzene rings is 2. The minimum absolute atomic E-state index is 0.0215. The zero-order valence-electron chi connectivity index (χ0n) is 18.3. The number of carbonyl (C=O) groups excluding carboxylic acids is 1. The van der Waals surface area contributed by atoms with Crippen molar-refractivity contribution >= 4 is 15.9 Å². The zero-order valence-corrected chi connectivity index (χ0v) is 19.1. The van der Waals surface area contributed by atoms with Crippen molar-refractivity contribution in [3.05, 3.63) is 53.6 Å². The Hall–Kier alpha value is -2.58. The average Bonchev–Trinajstić information content (AvgIpc) is 3.07. The Labute approximate surface area is 184 Å². The minimum atomic E-state index is -3.88. The maximum Gasteiger partial charge on any atom is 0.257 e. The van der Waals surface area contributed by atoms with Crippen LogP contribution in [0.15, 0.2) is 47.4 Å². The van der Waals surface area contributed by atoms with Crippen molar-refractivity contribution in [2.24, 2.45) is 0 Å². The first kappa shape index (κ1) is 23.1. The summed E-state index contributed by atoms with van der Waals surface area (Å²) in [6, 6.07) is 11.1. The Balaban J connectivity index is 1.89. The van der Waals surface area contributed by atoms with Crippen LogP contribution in [0.5, 0.6) is 11.5 Å². The lowest BCUT2D eigenvalue weighted by molar-refractivity contribution is 0.0758. The molecule has 1 N–H and O–H groups in total. The number of hydrogen-bond acceptors (Lipinski definition) is 5. The summed E-state index contributed by atoms with van der Waals surface area (Å²) in [5.74, 6) is 0.768. The molecule has 1 aliphatic rings. The standard InChI is InChI=1S/C23H30N2O5S/c1-17(19-10-6-7-11-21(19)29-2)24-31(27,28)18-12-13-22(30-3)20(16-18)23(26)25-14-8-4-5-9-15-25/h6-7,10-13,16-17,24H,4-5,8-9,14-15H2,1-3H3. The molecule has 0 radical (unpaired) electrons. The summed E-state index contributed by atoms with van der Waals surface area (Å²) in [4.78, 5) is 15.0. The molecule has 1 unspecified atom stereocenters. The van der Waals surface area contributed by atoms with E-state index in [1.54, 1.807) is 25.0 Å². The Bertz CT molecular complexity index is 1010. The molecular weight excluding hydrogens is 416 g/mol. The van der Waals surface area contributed by atoms with Crippen molar-refractivity contribution in [2.45, 2.75) is 43.5 Å². The van der Waals surface area contributed by atoms with Gasteiger partial charge in [0.05, 0.1) is 24.7 Å². The van der Waals surface area contributed by atoms with Gasteiger partial charge in [-0.05, 0) is 44.0 Å². The molecule has 2 aromatic carbocycles. The lowest BCUT2D eigenvalue weighted by Crippen LogP contribution is -2.32. The van der Waals surface area contributed by atoms with E-state index < -0.39 is 16.1 Å². The minimum Gasteiger partial charge on any atom is -0.496 e. The molecule has 0 aromatic heterocycles. The Morgan fingerprint density at radius 2 is 1.61 bits per heavy atom. The van der Waals surface area contributed by atoms with Crippen LogP contribution in [0.4, 0.5) is 0 Å². The quantitative estimate of drug-likeness (QED) is 0.700. The number of nitrogens with zero attached hydrogens (tertiary/aromatic N) is 1. The molecule has 7 nitrogen and oxygen atoms in total. The molecule has 0 aliphatic carbocycles. The molecule has 1 amide bonds. The molecule has 1 fully saturated rings. The largest absolute Gasteiger partial charge is 0.496 e. The molecule has 0 spiro atoms. The molecule has 1 atom stereocenters. The SMILES string of the molecule is COc1ccc(S(=O)(=O)NC(C)c2ccccc2OC)cc1C(=O)N1CCCCCC1. The summed E-state index contributed by atoms with van der Waals surface area (Å²) in [5, 5.41) is 0. The fourth-order valence-corrected chi connectivity index (χ4v) is 5.10. The number of para-hydroxylation sites is 1. The Morgan fingerprint density at radius 1 is 0.968 bits per heavy atom. The van der Waals surface area contributed by atoms with Crippen molar-refractivity contribution < 1.29 is 22.7 Å². The Morgan fingerprint density at radius 3 is 2.26 bits per heavy atom. The fraction of sp³-hybridized carbons (Fsp3) is 0.435. The third-order valence-electron chi connectivity index (χ3n) is 5.54. The second-order valence-electron chi connectivity index (χ2n) is 7.65. The van der Waals surface area contributed by atoms with Crippen molar-refractivity contribution in [1.29, 1.82) is 0 Å². The number of sulfonamides is 1. The van der Waals surface area contributed by atoms with Crippen LogP contribution < -0.4 is 14.2 Å². The summed E-state index contributed by atoms with van der Waals surface area (Å²) >= 11 is 0. The maximum atomic E-state index is 13.2. The number of nitrogens with one attached hydrogen (secondary N) is 1. The third-order valence-corrected chi connectivity index (χ3v) is 7.08. The van der Waals surface area contributed by atoms with E-state index in [4.69, 9.17) is 9.47 Å². The number of ether oxygens (including phenoxy) is 2. The summed E-state index contributed by atoms with van der Waals surface area (Å²) in [6.45, 7) is 3.09. The topological polar surface area (TPSA) is 84.9 Å². The molecule has 3 rings (SSSR count). The molecule has 0 saturated carbocycles.